The van der Waals surface area contributed by atoms with Crippen LogP contribution in [0.5, 0.6) is 0 Å². The van der Waals surface area contributed by atoms with Crippen molar-refractivity contribution in [1.29, 1.82) is 0 Å². The van der Waals surface area contributed by atoms with Gasteiger partial charge in [-0.05, 0) is 26.0 Å². The van der Waals surface area contributed by atoms with Crippen LogP contribution in [0.3, 0.4) is 0 Å². The molecule has 2 aromatic rings. The van der Waals surface area contributed by atoms with E-state index in [9.17, 15) is 9.50 Å². The number of aliphatic hydroxyl groups is 1. The molecule has 0 aliphatic rings. The third-order valence-corrected chi connectivity index (χ3v) is 2.68. The number of rotatable bonds is 2. The number of halogens is 1. The summed E-state index contributed by atoms with van der Waals surface area (Å²) in [5.41, 5.74) is 2.65. The van der Waals surface area contributed by atoms with Gasteiger partial charge in [0.2, 0.25) is 0 Å². The first-order valence-corrected chi connectivity index (χ1v) is 5.06. The molecule has 2 rings (SSSR count). The Morgan fingerprint density at radius 3 is 2.56 bits per heavy atom. The fourth-order valence-electron chi connectivity index (χ4n) is 1.76. The average molecular weight is 220 g/mol. The number of para-hydroxylation sites is 1. The fraction of sp³-hybridized carbons (Fsp3) is 0.250. The lowest BCUT2D eigenvalue weighted by atomic mass is 10.2. The molecular formula is C12H13FN2O. The summed E-state index contributed by atoms with van der Waals surface area (Å²) in [6, 6.07) is 6.45. The molecular weight excluding hydrogens is 207 g/mol. The highest BCUT2D eigenvalue weighted by Crippen LogP contribution is 2.19. The second-order valence-corrected chi connectivity index (χ2v) is 3.67. The van der Waals surface area contributed by atoms with Crippen LogP contribution in [-0.2, 0) is 6.61 Å². The molecule has 0 aliphatic heterocycles. The van der Waals surface area contributed by atoms with Crippen molar-refractivity contribution >= 4 is 0 Å². The minimum Gasteiger partial charge on any atom is -0.392 e. The fourth-order valence-corrected chi connectivity index (χ4v) is 1.76. The monoisotopic (exact) mass is 220 g/mol. The van der Waals surface area contributed by atoms with E-state index in [1.165, 1.54) is 10.7 Å². The number of nitrogens with zero attached hydrogens (tertiary/aromatic N) is 2. The highest BCUT2D eigenvalue weighted by Gasteiger charge is 2.13. The summed E-state index contributed by atoms with van der Waals surface area (Å²) < 4.78 is 15.1. The van der Waals surface area contributed by atoms with E-state index >= 15 is 0 Å². The second kappa shape index (κ2) is 4.06. The maximum atomic E-state index is 13.6. The van der Waals surface area contributed by atoms with Gasteiger partial charge in [-0.2, -0.15) is 5.10 Å². The van der Waals surface area contributed by atoms with Gasteiger partial charge >= 0.3 is 0 Å². The molecule has 84 valence electrons. The molecule has 0 amide bonds. The highest BCUT2D eigenvalue weighted by molar-refractivity contribution is 5.37. The van der Waals surface area contributed by atoms with Gasteiger partial charge in [-0.25, -0.2) is 9.07 Å². The maximum Gasteiger partial charge on any atom is 0.148 e. The third-order valence-electron chi connectivity index (χ3n) is 2.68. The van der Waals surface area contributed by atoms with Gasteiger partial charge in [-0.15, -0.1) is 0 Å². The van der Waals surface area contributed by atoms with E-state index in [2.05, 4.69) is 5.10 Å². The summed E-state index contributed by atoms with van der Waals surface area (Å²) in [6.45, 7) is 3.54. The van der Waals surface area contributed by atoms with E-state index in [1.807, 2.05) is 6.92 Å². The molecule has 1 aromatic carbocycles. The molecule has 3 nitrogen and oxygen atoms in total. The molecule has 1 heterocycles. The van der Waals surface area contributed by atoms with Crippen molar-refractivity contribution in [1.82, 2.24) is 9.78 Å². The zero-order chi connectivity index (χ0) is 11.7. The number of hydrogen-bond acceptors (Lipinski definition) is 2. The summed E-state index contributed by atoms with van der Waals surface area (Å²) in [4.78, 5) is 0. The van der Waals surface area contributed by atoms with Gasteiger partial charge in [0.1, 0.15) is 11.5 Å². The average Bonchev–Trinajstić information content (AvgIpc) is 2.55. The first kappa shape index (κ1) is 10.8. The smallest absolute Gasteiger partial charge is 0.148 e. The SMILES string of the molecule is Cc1nn(-c2ccccc2F)c(C)c1CO. The molecule has 0 spiro atoms. The molecule has 0 fully saturated rings. The molecule has 0 radical (unpaired) electrons. The van der Waals surface area contributed by atoms with Crippen LogP contribution >= 0.6 is 0 Å². The lowest BCUT2D eigenvalue weighted by molar-refractivity contribution is 0.280. The van der Waals surface area contributed by atoms with Crippen molar-refractivity contribution in [2.45, 2.75) is 20.5 Å². The van der Waals surface area contributed by atoms with Crippen molar-refractivity contribution in [2.75, 3.05) is 0 Å². The zero-order valence-corrected chi connectivity index (χ0v) is 9.24. The van der Waals surface area contributed by atoms with Crippen LogP contribution < -0.4 is 0 Å². The number of aliphatic hydroxyl groups excluding tert-OH is 1. The van der Waals surface area contributed by atoms with Crippen LogP contribution in [0.2, 0.25) is 0 Å². The van der Waals surface area contributed by atoms with E-state index in [0.717, 1.165) is 17.0 Å². The Morgan fingerprint density at radius 1 is 1.31 bits per heavy atom. The summed E-state index contributed by atoms with van der Waals surface area (Å²) in [6.07, 6.45) is 0. The maximum absolute atomic E-state index is 13.6. The molecule has 0 saturated carbocycles. The van der Waals surface area contributed by atoms with Gasteiger partial charge in [0.25, 0.3) is 0 Å². The zero-order valence-electron chi connectivity index (χ0n) is 9.24. The van der Waals surface area contributed by atoms with Gasteiger partial charge in [-0.3, -0.25) is 0 Å². The molecule has 4 heteroatoms. The molecule has 0 bridgehead atoms. The number of aromatic nitrogens is 2. The van der Waals surface area contributed by atoms with Crippen LogP contribution in [-0.4, -0.2) is 14.9 Å². The Kier molecular flexibility index (Phi) is 2.75. The van der Waals surface area contributed by atoms with Crippen molar-refractivity contribution < 1.29 is 9.50 Å². The van der Waals surface area contributed by atoms with E-state index in [4.69, 9.17) is 0 Å². The Morgan fingerprint density at radius 2 is 2.00 bits per heavy atom. The Balaban J connectivity index is 2.62. The van der Waals surface area contributed by atoms with Crippen molar-refractivity contribution in [3.05, 3.63) is 47.0 Å². The van der Waals surface area contributed by atoms with Crippen molar-refractivity contribution in [3.63, 3.8) is 0 Å². The normalized spacial score (nSPS) is 10.8. The molecule has 0 atom stereocenters. The van der Waals surface area contributed by atoms with Gasteiger partial charge in [-0.1, -0.05) is 12.1 Å². The van der Waals surface area contributed by atoms with E-state index < -0.39 is 0 Å². The van der Waals surface area contributed by atoms with E-state index in [-0.39, 0.29) is 12.4 Å². The molecule has 1 N–H and O–H groups in total. The first-order chi connectivity index (χ1) is 7.65. The van der Waals surface area contributed by atoms with Crippen LogP contribution in [0.15, 0.2) is 24.3 Å². The topological polar surface area (TPSA) is 38.0 Å². The molecule has 0 saturated heterocycles. The second-order valence-electron chi connectivity index (χ2n) is 3.67. The summed E-state index contributed by atoms with van der Waals surface area (Å²) in [5.74, 6) is -0.322. The summed E-state index contributed by atoms with van der Waals surface area (Å²) >= 11 is 0. The third kappa shape index (κ3) is 1.61. The van der Waals surface area contributed by atoms with Gasteiger partial charge in [0.05, 0.1) is 12.3 Å². The van der Waals surface area contributed by atoms with E-state index in [0.29, 0.717) is 5.69 Å². The summed E-state index contributed by atoms with van der Waals surface area (Å²) in [5, 5.41) is 13.4. The number of aryl methyl sites for hydroxylation is 1. The van der Waals surface area contributed by atoms with Crippen LogP contribution in [0.25, 0.3) is 5.69 Å². The standard InChI is InChI=1S/C12H13FN2O/c1-8-10(7-16)9(2)15(14-8)12-6-4-3-5-11(12)13/h3-6,16H,7H2,1-2H3. The molecule has 0 aliphatic carbocycles. The van der Waals surface area contributed by atoms with E-state index in [1.54, 1.807) is 25.1 Å². The Hall–Kier alpha value is -1.68. The molecule has 16 heavy (non-hydrogen) atoms. The van der Waals surface area contributed by atoms with Gasteiger partial charge in [0.15, 0.2) is 0 Å². The quantitative estimate of drug-likeness (QED) is 0.841. The number of hydrogen-bond donors (Lipinski definition) is 1. The highest BCUT2D eigenvalue weighted by atomic mass is 19.1. The van der Waals surface area contributed by atoms with Gasteiger partial charge < -0.3 is 5.11 Å². The largest absolute Gasteiger partial charge is 0.392 e. The number of benzene rings is 1. The Bertz CT molecular complexity index is 520. The van der Waals surface area contributed by atoms with Crippen LogP contribution in [0.1, 0.15) is 17.0 Å². The molecule has 0 unspecified atom stereocenters. The predicted molar refractivity (Wildman–Crippen MR) is 58.9 cm³/mol. The lowest BCUT2D eigenvalue weighted by Gasteiger charge is -2.05. The van der Waals surface area contributed by atoms with Crippen LogP contribution in [0.4, 0.5) is 4.39 Å². The summed E-state index contributed by atoms with van der Waals surface area (Å²) in [7, 11) is 0. The van der Waals surface area contributed by atoms with Crippen LogP contribution in [0, 0.1) is 19.7 Å². The Labute approximate surface area is 93.2 Å². The minimum atomic E-state index is -0.322. The predicted octanol–water partition coefficient (Wildman–Crippen LogP) is 2.12. The first-order valence-electron chi connectivity index (χ1n) is 5.06. The molecule has 1 aromatic heterocycles. The lowest BCUT2D eigenvalue weighted by Crippen LogP contribution is -2.02. The van der Waals surface area contributed by atoms with Crippen molar-refractivity contribution in [3.8, 4) is 5.69 Å². The van der Waals surface area contributed by atoms with Crippen molar-refractivity contribution in [2.24, 2.45) is 0 Å². The van der Waals surface area contributed by atoms with Gasteiger partial charge in [0, 0.05) is 11.3 Å². The minimum absolute atomic E-state index is 0.0773.